The second-order valence-corrected chi connectivity index (χ2v) is 11.3. The maximum atomic E-state index is 13.7. The average molecular weight is 543 g/mol. The third-order valence-electron chi connectivity index (χ3n) is 8.51. The predicted octanol–water partition coefficient (Wildman–Crippen LogP) is 5.74. The van der Waals surface area contributed by atoms with Gasteiger partial charge in [0.25, 0.3) is 5.91 Å². The summed E-state index contributed by atoms with van der Waals surface area (Å²) in [5.74, 6) is 1.72. The molecule has 6 rings (SSSR count). The number of carbonyl (C=O) groups is 2. The van der Waals surface area contributed by atoms with Crippen LogP contribution in [0, 0.1) is 12.8 Å². The highest BCUT2D eigenvalue weighted by atomic mass is 16.5. The molecular weight excluding hydrogens is 504 g/mol. The summed E-state index contributed by atoms with van der Waals surface area (Å²) in [6, 6.07) is 18.0. The fraction of sp³-hybridized carbons (Fsp3) is 0.455. The summed E-state index contributed by atoms with van der Waals surface area (Å²) >= 11 is 0. The van der Waals surface area contributed by atoms with Crippen molar-refractivity contribution in [3.05, 3.63) is 88.4 Å². The minimum absolute atomic E-state index is 0.0823. The van der Waals surface area contributed by atoms with Gasteiger partial charge in [0.2, 0.25) is 5.91 Å². The molecule has 2 aromatic carbocycles. The highest BCUT2D eigenvalue weighted by Crippen LogP contribution is 2.40. The first-order valence-electron chi connectivity index (χ1n) is 14.7. The lowest BCUT2D eigenvalue weighted by Crippen LogP contribution is -2.43. The van der Waals surface area contributed by atoms with Gasteiger partial charge in [-0.15, -0.1) is 0 Å². The van der Waals surface area contributed by atoms with Crippen LogP contribution in [0.4, 0.5) is 0 Å². The van der Waals surface area contributed by atoms with E-state index in [0.717, 1.165) is 69.2 Å². The first-order valence-corrected chi connectivity index (χ1v) is 14.7. The smallest absolute Gasteiger partial charge is 0.287 e. The number of amides is 2. The fourth-order valence-electron chi connectivity index (χ4n) is 6.27. The van der Waals surface area contributed by atoms with E-state index in [-0.39, 0.29) is 42.2 Å². The summed E-state index contributed by atoms with van der Waals surface area (Å²) in [6.07, 6.45) is 7.17. The molecule has 3 heterocycles. The topological polar surface area (TPSA) is 81.0 Å². The van der Waals surface area contributed by atoms with Crippen molar-refractivity contribution < 1.29 is 23.5 Å². The molecule has 40 heavy (non-hydrogen) atoms. The molecule has 1 aliphatic carbocycles. The highest BCUT2D eigenvalue weighted by molar-refractivity contribution is 5.91. The van der Waals surface area contributed by atoms with Crippen LogP contribution in [0.2, 0.25) is 0 Å². The number of benzene rings is 2. The van der Waals surface area contributed by atoms with E-state index in [4.69, 9.17) is 13.9 Å². The molecule has 1 saturated carbocycles. The number of hydrogen-bond donors (Lipinski definition) is 1. The third-order valence-corrected chi connectivity index (χ3v) is 8.51. The van der Waals surface area contributed by atoms with Gasteiger partial charge in [0.05, 0.1) is 12.1 Å². The van der Waals surface area contributed by atoms with E-state index in [9.17, 15) is 9.59 Å². The maximum absolute atomic E-state index is 13.7. The Kier molecular flexibility index (Phi) is 7.91. The van der Waals surface area contributed by atoms with E-state index in [1.807, 2.05) is 6.07 Å². The van der Waals surface area contributed by atoms with Crippen LogP contribution in [0.25, 0.3) is 0 Å². The van der Waals surface area contributed by atoms with E-state index < -0.39 is 0 Å². The molecule has 1 N–H and O–H groups in total. The molecule has 7 heteroatoms. The second-order valence-electron chi connectivity index (χ2n) is 11.3. The largest absolute Gasteiger partial charge is 0.486 e. The molecule has 3 aliphatic rings. The van der Waals surface area contributed by atoms with Gasteiger partial charge in [-0.05, 0) is 80.0 Å². The van der Waals surface area contributed by atoms with E-state index >= 15 is 0 Å². The first-order chi connectivity index (χ1) is 19.5. The Labute approximate surface area is 235 Å². The lowest BCUT2D eigenvalue weighted by molar-refractivity contribution is -0.137. The Balaban J connectivity index is 1.17. The Morgan fingerprint density at radius 1 is 1.00 bits per heavy atom. The van der Waals surface area contributed by atoms with Crippen molar-refractivity contribution in [1.82, 2.24) is 10.2 Å². The van der Waals surface area contributed by atoms with Crippen LogP contribution in [0.15, 0.2) is 59.0 Å². The molecule has 0 unspecified atom stereocenters. The average Bonchev–Trinajstić information content (AvgIpc) is 3.78. The summed E-state index contributed by atoms with van der Waals surface area (Å²) < 4.78 is 17.5. The van der Waals surface area contributed by atoms with Gasteiger partial charge < -0.3 is 24.1 Å². The van der Waals surface area contributed by atoms with Crippen molar-refractivity contribution in [2.24, 2.45) is 5.92 Å². The number of hydrogen-bond acceptors (Lipinski definition) is 5. The Morgan fingerprint density at radius 3 is 2.60 bits per heavy atom. The maximum Gasteiger partial charge on any atom is 0.287 e. The predicted molar refractivity (Wildman–Crippen MR) is 151 cm³/mol. The van der Waals surface area contributed by atoms with Crippen molar-refractivity contribution in [3.63, 3.8) is 0 Å². The number of fused-ring (bicyclic) bond motifs is 1. The number of nitrogens with one attached hydrogen (secondary N) is 1. The highest BCUT2D eigenvalue weighted by Gasteiger charge is 2.36. The van der Waals surface area contributed by atoms with Gasteiger partial charge in [0.1, 0.15) is 18.1 Å². The van der Waals surface area contributed by atoms with Crippen molar-refractivity contribution in [1.29, 1.82) is 0 Å². The standard InChI is InChI=1S/C33H38N2O5/c1-22-8-10-24(11-9-22)31-29-19-26(13-12-23(29)16-17-35(31)33(37)25-5-2-3-6-25)39-21-28-14-15-30(40-28)32(36)34-20-27-7-4-18-38-27/h8-15,19,25,27,31H,2-7,16-18,20-21H2,1H3,(H,34,36)/t27-,31+/m0/s1. The van der Waals surface area contributed by atoms with Crippen LogP contribution >= 0.6 is 0 Å². The molecule has 2 atom stereocenters. The SMILES string of the molecule is Cc1ccc([C@@H]2c3cc(OCc4ccc(C(=O)NC[C@@H]5CCCO5)o4)ccc3CCN2C(=O)C2CCCC2)cc1. The van der Waals surface area contributed by atoms with Crippen molar-refractivity contribution in [3.8, 4) is 5.75 Å². The molecule has 210 valence electrons. The number of furan rings is 1. The van der Waals surface area contributed by atoms with Crippen molar-refractivity contribution >= 4 is 11.8 Å². The van der Waals surface area contributed by atoms with E-state index in [1.165, 1.54) is 11.1 Å². The minimum Gasteiger partial charge on any atom is -0.486 e. The van der Waals surface area contributed by atoms with Crippen LogP contribution < -0.4 is 10.1 Å². The fourth-order valence-corrected chi connectivity index (χ4v) is 6.27. The molecule has 2 aliphatic heterocycles. The second kappa shape index (κ2) is 11.9. The van der Waals surface area contributed by atoms with Gasteiger partial charge in [0.15, 0.2) is 5.76 Å². The van der Waals surface area contributed by atoms with E-state index in [0.29, 0.717) is 18.1 Å². The molecule has 0 radical (unpaired) electrons. The minimum atomic E-state index is -0.247. The molecule has 2 amide bonds. The lowest BCUT2D eigenvalue weighted by Gasteiger charge is -2.39. The summed E-state index contributed by atoms with van der Waals surface area (Å²) in [5.41, 5.74) is 4.69. The van der Waals surface area contributed by atoms with Crippen LogP contribution in [-0.4, -0.2) is 42.5 Å². The van der Waals surface area contributed by atoms with Gasteiger partial charge in [-0.3, -0.25) is 9.59 Å². The van der Waals surface area contributed by atoms with Crippen LogP contribution in [0.3, 0.4) is 0 Å². The van der Waals surface area contributed by atoms with Crippen LogP contribution in [0.5, 0.6) is 5.75 Å². The monoisotopic (exact) mass is 542 g/mol. The number of ether oxygens (including phenoxy) is 2. The number of carbonyl (C=O) groups excluding carboxylic acids is 2. The van der Waals surface area contributed by atoms with Gasteiger partial charge in [-0.1, -0.05) is 48.7 Å². The lowest BCUT2D eigenvalue weighted by atomic mass is 9.86. The van der Waals surface area contributed by atoms with E-state index in [2.05, 4.69) is 53.5 Å². The first kappa shape index (κ1) is 26.6. The summed E-state index contributed by atoms with van der Waals surface area (Å²) in [7, 11) is 0. The zero-order valence-corrected chi connectivity index (χ0v) is 23.2. The van der Waals surface area contributed by atoms with Crippen LogP contribution in [-0.2, 0) is 22.6 Å². The number of nitrogens with zero attached hydrogens (tertiary/aromatic N) is 1. The Bertz CT molecular complexity index is 1340. The molecule has 0 spiro atoms. The van der Waals surface area contributed by atoms with Crippen molar-refractivity contribution in [2.75, 3.05) is 19.7 Å². The third kappa shape index (κ3) is 5.80. The number of aryl methyl sites for hydroxylation is 1. The van der Waals surface area contributed by atoms with Gasteiger partial charge in [-0.25, -0.2) is 0 Å². The Hall–Kier alpha value is -3.58. The molecular formula is C33H38N2O5. The molecule has 1 aromatic heterocycles. The Morgan fingerprint density at radius 2 is 1.82 bits per heavy atom. The quantitative estimate of drug-likeness (QED) is 0.393. The number of rotatable bonds is 8. The molecule has 2 fully saturated rings. The zero-order chi connectivity index (χ0) is 27.5. The van der Waals surface area contributed by atoms with E-state index in [1.54, 1.807) is 12.1 Å². The van der Waals surface area contributed by atoms with Gasteiger partial charge >= 0.3 is 0 Å². The summed E-state index contributed by atoms with van der Waals surface area (Å²) in [6.45, 7) is 4.26. The molecule has 0 bridgehead atoms. The summed E-state index contributed by atoms with van der Waals surface area (Å²) in [4.78, 5) is 28.3. The van der Waals surface area contributed by atoms with Gasteiger partial charge in [-0.2, -0.15) is 0 Å². The molecule has 7 nitrogen and oxygen atoms in total. The van der Waals surface area contributed by atoms with Crippen molar-refractivity contribution in [2.45, 2.75) is 70.6 Å². The normalized spacial score (nSPS) is 20.9. The summed E-state index contributed by atoms with van der Waals surface area (Å²) in [5, 5.41) is 2.89. The van der Waals surface area contributed by atoms with Gasteiger partial charge in [0, 0.05) is 25.6 Å². The van der Waals surface area contributed by atoms with Crippen LogP contribution in [0.1, 0.15) is 83.1 Å². The zero-order valence-electron chi connectivity index (χ0n) is 23.2. The molecule has 3 aromatic rings. The molecule has 1 saturated heterocycles.